The standard InChI is InChI=1S/C16H27NO3/c1-7-20-15(16(2,3)4)14(17)11-8-12(18-5)10-13(9-11)19-6/h8-10,14-15H,7,17H2,1-6H3. The molecule has 0 aliphatic heterocycles. The SMILES string of the molecule is CCOC(C(N)c1cc(OC)cc(OC)c1)C(C)(C)C. The highest BCUT2D eigenvalue weighted by Crippen LogP contribution is 2.34. The van der Waals surface area contributed by atoms with E-state index in [2.05, 4.69) is 20.8 Å². The summed E-state index contributed by atoms with van der Waals surface area (Å²) in [6.45, 7) is 9.01. The van der Waals surface area contributed by atoms with Gasteiger partial charge in [0.25, 0.3) is 0 Å². The molecule has 0 amide bonds. The lowest BCUT2D eigenvalue weighted by Crippen LogP contribution is -2.39. The fourth-order valence-electron chi connectivity index (χ4n) is 2.27. The van der Waals surface area contributed by atoms with Gasteiger partial charge in [-0.15, -0.1) is 0 Å². The average Bonchev–Trinajstić information content (AvgIpc) is 2.42. The molecule has 0 aliphatic rings. The third-order valence-corrected chi connectivity index (χ3v) is 3.28. The zero-order valence-electron chi connectivity index (χ0n) is 13.4. The van der Waals surface area contributed by atoms with Crippen molar-refractivity contribution < 1.29 is 14.2 Å². The number of nitrogens with two attached hydrogens (primary N) is 1. The van der Waals surface area contributed by atoms with Crippen LogP contribution in [0.5, 0.6) is 11.5 Å². The predicted octanol–water partition coefficient (Wildman–Crippen LogP) is 3.15. The van der Waals surface area contributed by atoms with Gasteiger partial charge in [-0.25, -0.2) is 0 Å². The molecule has 0 heterocycles. The van der Waals surface area contributed by atoms with E-state index in [1.807, 2.05) is 25.1 Å². The zero-order chi connectivity index (χ0) is 15.3. The molecular weight excluding hydrogens is 254 g/mol. The van der Waals surface area contributed by atoms with Gasteiger partial charge in [0, 0.05) is 12.7 Å². The molecule has 0 aliphatic carbocycles. The highest BCUT2D eigenvalue weighted by Gasteiger charge is 2.32. The second-order valence-electron chi connectivity index (χ2n) is 5.91. The Hall–Kier alpha value is -1.26. The molecule has 0 bridgehead atoms. The van der Waals surface area contributed by atoms with Crippen molar-refractivity contribution in [2.75, 3.05) is 20.8 Å². The van der Waals surface area contributed by atoms with Gasteiger partial charge >= 0.3 is 0 Å². The summed E-state index contributed by atoms with van der Waals surface area (Å²) in [6, 6.07) is 5.47. The number of hydrogen-bond donors (Lipinski definition) is 1. The minimum absolute atomic E-state index is 0.0499. The Kier molecular flexibility index (Phi) is 5.84. The normalized spacial score (nSPS) is 14.8. The number of methoxy groups -OCH3 is 2. The lowest BCUT2D eigenvalue weighted by Gasteiger charge is -2.35. The molecule has 1 rings (SSSR count). The Bertz CT molecular complexity index is 404. The summed E-state index contributed by atoms with van der Waals surface area (Å²) in [5.74, 6) is 1.47. The molecule has 0 radical (unpaired) electrons. The van der Waals surface area contributed by atoms with Gasteiger partial charge in [-0.3, -0.25) is 0 Å². The van der Waals surface area contributed by atoms with Crippen molar-refractivity contribution in [1.82, 2.24) is 0 Å². The second-order valence-corrected chi connectivity index (χ2v) is 5.91. The molecular formula is C16H27NO3. The summed E-state index contributed by atoms with van der Waals surface area (Å²) in [5, 5.41) is 0. The first kappa shape index (κ1) is 16.8. The van der Waals surface area contributed by atoms with Crippen molar-refractivity contribution in [3.63, 3.8) is 0 Å². The summed E-state index contributed by atoms with van der Waals surface area (Å²) in [5.41, 5.74) is 7.33. The highest BCUT2D eigenvalue weighted by atomic mass is 16.5. The van der Waals surface area contributed by atoms with E-state index in [1.54, 1.807) is 14.2 Å². The van der Waals surface area contributed by atoms with Gasteiger partial charge < -0.3 is 19.9 Å². The van der Waals surface area contributed by atoms with E-state index in [0.29, 0.717) is 6.61 Å². The van der Waals surface area contributed by atoms with Gasteiger partial charge in [-0.2, -0.15) is 0 Å². The quantitative estimate of drug-likeness (QED) is 0.870. The molecule has 0 fully saturated rings. The molecule has 114 valence electrons. The van der Waals surface area contributed by atoms with Gasteiger partial charge in [0.2, 0.25) is 0 Å². The summed E-state index contributed by atoms with van der Waals surface area (Å²) in [6.07, 6.45) is -0.0793. The van der Waals surface area contributed by atoms with E-state index >= 15 is 0 Å². The number of hydrogen-bond acceptors (Lipinski definition) is 4. The monoisotopic (exact) mass is 281 g/mol. The molecule has 2 atom stereocenters. The largest absolute Gasteiger partial charge is 0.497 e. The maximum absolute atomic E-state index is 6.42. The van der Waals surface area contributed by atoms with Crippen LogP contribution in [0.25, 0.3) is 0 Å². The van der Waals surface area contributed by atoms with Gasteiger partial charge in [0.05, 0.1) is 26.4 Å². The molecule has 0 saturated heterocycles. The zero-order valence-corrected chi connectivity index (χ0v) is 13.4. The molecule has 1 aromatic carbocycles. The molecule has 0 spiro atoms. The van der Waals surface area contributed by atoms with Crippen LogP contribution in [0.3, 0.4) is 0 Å². The van der Waals surface area contributed by atoms with E-state index in [1.165, 1.54) is 0 Å². The molecule has 2 unspecified atom stereocenters. The van der Waals surface area contributed by atoms with Gasteiger partial charge in [-0.1, -0.05) is 20.8 Å². The molecule has 4 heteroatoms. The van der Waals surface area contributed by atoms with Gasteiger partial charge in [0.15, 0.2) is 0 Å². The molecule has 1 aromatic rings. The van der Waals surface area contributed by atoms with E-state index in [0.717, 1.165) is 17.1 Å². The van der Waals surface area contributed by atoms with Crippen molar-refractivity contribution >= 4 is 0 Å². The molecule has 0 saturated carbocycles. The van der Waals surface area contributed by atoms with E-state index in [9.17, 15) is 0 Å². The summed E-state index contributed by atoms with van der Waals surface area (Å²) in [7, 11) is 3.27. The van der Waals surface area contributed by atoms with Crippen LogP contribution in [0.4, 0.5) is 0 Å². The average molecular weight is 281 g/mol. The molecule has 20 heavy (non-hydrogen) atoms. The predicted molar refractivity (Wildman–Crippen MR) is 81.3 cm³/mol. The number of rotatable bonds is 6. The summed E-state index contributed by atoms with van der Waals surface area (Å²) < 4.78 is 16.5. The molecule has 4 nitrogen and oxygen atoms in total. The van der Waals surface area contributed by atoms with Crippen LogP contribution in [0.1, 0.15) is 39.3 Å². The van der Waals surface area contributed by atoms with Crippen molar-refractivity contribution in [3.05, 3.63) is 23.8 Å². The first-order chi connectivity index (χ1) is 9.33. The van der Waals surface area contributed by atoms with Crippen LogP contribution in [-0.4, -0.2) is 26.9 Å². The van der Waals surface area contributed by atoms with Gasteiger partial charge in [-0.05, 0) is 30.0 Å². The van der Waals surface area contributed by atoms with Crippen molar-refractivity contribution in [1.29, 1.82) is 0 Å². The minimum atomic E-state index is -0.237. The van der Waals surface area contributed by atoms with Crippen LogP contribution in [-0.2, 0) is 4.74 Å². The third kappa shape index (κ3) is 4.12. The number of benzene rings is 1. The smallest absolute Gasteiger partial charge is 0.122 e. The van der Waals surface area contributed by atoms with Crippen molar-refractivity contribution in [2.45, 2.75) is 39.8 Å². The van der Waals surface area contributed by atoms with E-state index in [4.69, 9.17) is 19.9 Å². The second kappa shape index (κ2) is 6.95. The summed E-state index contributed by atoms with van der Waals surface area (Å²) in [4.78, 5) is 0. The Morgan fingerprint density at radius 1 is 1.05 bits per heavy atom. The lowest BCUT2D eigenvalue weighted by atomic mass is 9.82. The topological polar surface area (TPSA) is 53.7 Å². The van der Waals surface area contributed by atoms with Crippen molar-refractivity contribution in [2.24, 2.45) is 11.1 Å². The lowest BCUT2D eigenvalue weighted by molar-refractivity contribution is -0.0283. The van der Waals surface area contributed by atoms with Gasteiger partial charge in [0.1, 0.15) is 11.5 Å². The van der Waals surface area contributed by atoms with E-state index < -0.39 is 0 Å². The first-order valence-electron chi connectivity index (χ1n) is 6.93. The molecule has 0 aromatic heterocycles. The van der Waals surface area contributed by atoms with Crippen LogP contribution < -0.4 is 15.2 Å². The highest BCUT2D eigenvalue weighted by molar-refractivity contribution is 5.40. The maximum atomic E-state index is 6.42. The fourth-order valence-corrected chi connectivity index (χ4v) is 2.27. The Morgan fingerprint density at radius 3 is 1.90 bits per heavy atom. The Balaban J connectivity index is 3.13. The third-order valence-electron chi connectivity index (χ3n) is 3.28. The fraction of sp³-hybridized carbons (Fsp3) is 0.625. The van der Waals surface area contributed by atoms with Crippen LogP contribution in [0.15, 0.2) is 18.2 Å². The number of ether oxygens (including phenoxy) is 3. The Labute approximate surface area is 122 Å². The van der Waals surface area contributed by atoms with Crippen LogP contribution in [0, 0.1) is 5.41 Å². The van der Waals surface area contributed by atoms with Crippen LogP contribution >= 0.6 is 0 Å². The Morgan fingerprint density at radius 2 is 1.55 bits per heavy atom. The minimum Gasteiger partial charge on any atom is -0.497 e. The first-order valence-corrected chi connectivity index (χ1v) is 6.93. The maximum Gasteiger partial charge on any atom is 0.122 e. The van der Waals surface area contributed by atoms with Crippen molar-refractivity contribution in [3.8, 4) is 11.5 Å². The summed E-state index contributed by atoms with van der Waals surface area (Å²) >= 11 is 0. The van der Waals surface area contributed by atoms with Crippen LogP contribution in [0.2, 0.25) is 0 Å². The van der Waals surface area contributed by atoms with E-state index in [-0.39, 0.29) is 17.6 Å². The molecule has 2 N–H and O–H groups in total.